The van der Waals surface area contributed by atoms with Crippen molar-refractivity contribution in [2.75, 3.05) is 0 Å². The maximum absolute atomic E-state index is 14.1. The molecule has 5 rings (SSSR count). The fraction of sp³-hybridized carbons (Fsp3) is 0.261. The summed E-state index contributed by atoms with van der Waals surface area (Å²) >= 11 is 0. The molecule has 160 valence electrons. The van der Waals surface area contributed by atoms with Crippen LogP contribution in [0.1, 0.15) is 31.7 Å². The quantitative estimate of drug-likeness (QED) is 0.513. The van der Waals surface area contributed by atoms with Crippen LogP contribution in [0, 0.1) is 5.82 Å². The molecule has 1 fully saturated rings. The van der Waals surface area contributed by atoms with Gasteiger partial charge < -0.3 is 5.11 Å². The molecule has 0 unspecified atom stereocenters. The third-order valence-corrected chi connectivity index (χ3v) is 7.67. The van der Waals surface area contributed by atoms with Crippen molar-refractivity contribution in [3.8, 4) is 11.1 Å². The van der Waals surface area contributed by atoms with Crippen molar-refractivity contribution in [1.29, 1.82) is 0 Å². The zero-order valence-corrected chi connectivity index (χ0v) is 17.5. The Balaban J connectivity index is 1.61. The monoisotopic (exact) mass is 439 g/mol. The van der Waals surface area contributed by atoms with E-state index in [1.165, 1.54) is 24.3 Å². The first-order valence-corrected chi connectivity index (χ1v) is 11.7. The molecule has 0 radical (unpaired) electrons. The van der Waals surface area contributed by atoms with Crippen LogP contribution in [-0.2, 0) is 10.0 Å². The summed E-state index contributed by atoms with van der Waals surface area (Å²) in [6, 6.07) is 12.5. The van der Waals surface area contributed by atoms with Crippen LogP contribution >= 0.6 is 0 Å². The molecule has 0 spiro atoms. The SMILES string of the molecule is O=S(=O)(c1ccccc1)n1cc(-c2cnn(C3CCC(O)CC3)c2)c2ccc(F)cc21. The summed E-state index contributed by atoms with van der Waals surface area (Å²) in [5.41, 5.74) is 1.73. The molecule has 8 heteroatoms. The topological polar surface area (TPSA) is 77.1 Å². The Morgan fingerprint density at radius 3 is 2.48 bits per heavy atom. The number of hydrogen-bond acceptors (Lipinski definition) is 4. The summed E-state index contributed by atoms with van der Waals surface area (Å²) in [7, 11) is -3.89. The maximum atomic E-state index is 14.1. The molecule has 2 aromatic carbocycles. The zero-order chi connectivity index (χ0) is 21.6. The first-order chi connectivity index (χ1) is 14.9. The fourth-order valence-corrected chi connectivity index (χ4v) is 5.69. The van der Waals surface area contributed by atoms with Crippen molar-refractivity contribution in [3.05, 3.63) is 72.9 Å². The number of halogens is 1. The van der Waals surface area contributed by atoms with Gasteiger partial charge in [0, 0.05) is 28.9 Å². The third kappa shape index (κ3) is 3.55. The minimum absolute atomic E-state index is 0.138. The number of benzene rings is 2. The van der Waals surface area contributed by atoms with E-state index in [9.17, 15) is 17.9 Å². The van der Waals surface area contributed by atoms with Crippen molar-refractivity contribution >= 4 is 20.9 Å². The molecule has 0 saturated heterocycles. The number of aliphatic hydroxyl groups excluding tert-OH is 1. The van der Waals surface area contributed by atoms with Crippen molar-refractivity contribution in [2.24, 2.45) is 0 Å². The van der Waals surface area contributed by atoms with Crippen LogP contribution in [0.15, 0.2) is 72.0 Å². The molecular formula is C23H22FN3O3S. The summed E-state index contributed by atoms with van der Waals surface area (Å²) in [6.45, 7) is 0. The maximum Gasteiger partial charge on any atom is 0.268 e. The van der Waals surface area contributed by atoms with Gasteiger partial charge in [-0.2, -0.15) is 5.10 Å². The second-order valence-electron chi connectivity index (χ2n) is 7.99. The van der Waals surface area contributed by atoms with Crippen LogP contribution in [0.5, 0.6) is 0 Å². The second-order valence-corrected chi connectivity index (χ2v) is 9.80. The molecule has 4 aromatic rings. The Morgan fingerprint density at radius 1 is 1.00 bits per heavy atom. The van der Waals surface area contributed by atoms with E-state index in [0.717, 1.165) is 35.2 Å². The largest absolute Gasteiger partial charge is 0.393 e. The molecule has 2 aromatic heterocycles. The van der Waals surface area contributed by atoms with Gasteiger partial charge in [0.05, 0.1) is 28.8 Å². The highest BCUT2D eigenvalue weighted by molar-refractivity contribution is 7.90. The molecule has 1 aliphatic carbocycles. The Kier molecular flexibility index (Phi) is 4.91. The lowest BCUT2D eigenvalue weighted by atomic mass is 9.93. The minimum Gasteiger partial charge on any atom is -0.393 e. The molecule has 31 heavy (non-hydrogen) atoms. The lowest BCUT2D eigenvalue weighted by molar-refractivity contribution is 0.108. The van der Waals surface area contributed by atoms with E-state index in [0.29, 0.717) is 10.9 Å². The minimum atomic E-state index is -3.89. The summed E-state index contributed by atoms with van der Waals surface area (Å²) in [5.74, 6) is -0.502. The van der Waals surface area contributed by atoms with Gasteiger partial charge in [-0.1, -0.05) is 18.2 Å². The lowest BCUT2D eigenvalue weighted by Crippen LogP contribution is -2.21. The Morgan fingerprint density at radius 2 is 1.74 bits per heavy atom. The first kappa shape index (κ1) is 20.0. The molecule has 2 heterocycles. The zero-order valence-electron chi connectivity index (χ0n) is 16.7. The van der Waals surface area contributed by atoms with E-state index in [1.807, 2.05) is 10.9 Å². The molecule has 0 amide bonds. The van der Waals surface area contributed by atoms with E-state index in [-0.39, 0.29) is 22.6 Å². The molecule has 0 aliphatic heterocycles. The molecule has 1 aliphatic rings. The van der Waals surface area contributed by atoms with E-state index >= 15 is 0 Å². The van der Waals surface area contributed by atoms with E-state index in [2.05, 4.69) is 5.10 Å². The molecule has 0 atom stereocenters. The predicted octanol–water partition coefficient (Wildman–Crippen LogP) is 4.36. The second kappa shape index (κ2) is 7.62. The van der Waals surface area contributed by atoms with Crippen LogP contribution in [0.2, 0.25) is 0 Å². The third-order valence-electron chi connectivity index (χ3n) is 5.99. The average Bonchev–Trinajstić information content (AvgIpc) is 3.40. The highest BCUT2D eigenvalue weighted by atomic mass is 32.2. The van der Waals surface area contributed by atoms with Crippen LogP contribution in [-0.4, -0.2) is 33.4 Å². The van der Waals surface area contributed by atoms with Crippen LogP contribution in [0.3, 0.4) is 0 Å². The number of rotatable bonds is 4. The van der Waals surface area contributed by atoms with Gasteiger partial charge in [0.15, 0.2) is 0 Å². The summed E-state index contributed by atoms with van der Waals surface area (Å²) in [4.78, 5) is 0.138. The fourth-order valence-electron chi connectivity index (χ4n) is 4.31. The van der Waals surface area contributed by atoms with Gasteiger partial charge in [0.25, 0.3) is 10.0 Å². The molecule has 0 bridgehead atoms. The first-order valence-electron chi connectivity index (χ1n) is 10.3. The van der Waals surface area contributed by atoms with E-state index in [4.69, 9.17) is 0 Å². The summed E-state index contributed by atoms with van der Waals surface area (Å²) in [5, 5.41) is 14.9. The molecule has 6 nitrogen and oxygen atoms in total. The number of fused-ring (bicyclic) bond motifs is 1. The van der Waals surface area contributed by atoms with Crippen molar-refractivity contribution in [2.45, 2.75) is 42.7 Å². The highest BCUT2D eigenvalue weighted by Crippen LogP contribution is 2.35. The van der Waals surface area contributed by atoms with Crippen LogP contribution in [0.4, 0.5) is 4.39 Å². The average molecular weight is 440 g/mol. The van der Waals surface area contributed by atoms with Crippen molar-refractivity contribution in [3.63, 3.8) is 0 Å². The van der Waals surface area contributed by atoms with Gasteiger partial charge >= 0.3 is 0 Å². The van der Waals surface area contributed by atoms with Gasteiger partial charge in [-0.05, 0) is 56.0 Å². The highest BCUT2D eigenvalue weighted by Gasteiger charge is 2.24. The van der Waals surface area contributed by atoms with Crippen molar-refractivity contribution in [1.82, 2.24) is 13.8 Å². The molecular weight excluding hydrogens is 417 g/mol. The normalized spacial score (nSPS) is 19.7. The standard InChI is InChI=1S/C23H22FN3O3S/c24-17-6-11-21-22(16-13-25-26(14-16)18-7-9-19(28)10-8-18)15-27(23(21)12-17)31(29,30)20-4-2-1-3-5-20/h1-6,11-15,18-19,28H,7-10H2. The van der Waals surface area contributed by atoms with Crippen molar-refractivity contribution < 1.29 is 17.9 Å². The number of nitrogens with zero attached hydrogens (tertiary/aromatic N) is 3. The van der Waals surface area contributed by atoms with Gasteiger partial charge in [-0.3, -0.25) is 4.68 Å². The van der Waals surface area contributed by atoms with Gasteiger partial charge in [0.2, 0.25) is 0 Å². The number of aliphatic hydroxyl groups is 1. The van der Waals surface area contributed by atoms with Crippen LogP contribution < -0.4 is 0 Å². The Bertz CT molecular complexity index is 1340. The summed E-state index contributed by atoms with van der Waals surface area (Å²) in [6.07, 6.45) is 8.08. The number of hydrogen-bond donors (Lipinski definition) is 1. The van der Waals surface area contributed by atoms with E-state index < -0.39 is 15.8 Å². The molecule has 1 N–H and O–H groups in total. The smallest absolute Gasteiger partial charge is 0.268 e. The summed E-state index contributed by atoms with van der Waals surface area (Å²) < 4.78 is 43.7. The van der Waals surface area contributed by atoms with Gasteiger partial charge in [-0.25, -0.2) is 16.8 Å². The van der Waals surface area contributed by atoms with Crippen LogP contribution in [0.25, 0.3) is 22.0 Å². The predicted molar refractivity (Wildman–Crippen MR) is 116 cm³/mol. The van der Waals surface area contributed by atoms with E-state index in [1.54, 1.807) is 36.7 Å². The van der Waals surface area contributed by atoms with Gasteiger partial charge in [0.1, 0.15) is 5.82 Å². The Labute approximate surface area is 179 Å². The lowest BCUT2D eigenvalue weighted by Gasteiger charge is -2.25. The Hall–Kier alpha value is -2.97. The number of aromatic nitrogens is 3. The molecule has 1 saturated carbocycles. The van der Waals surface area contributed by atoms with Gasteiger partial charge in [-0.15, -0.1) is 0 Å².